The van der Waals surface area contributed by atoms with Crippen molar-refractivity contribution in [1.82, 2.24) is 19.8 Å². The molecule has 0 saturated carbocycles. The molecule has 1 aliphatic heterocycles. The molecule has 1 N–H and O–H groups in total. The first-order valence-corrected chi connectivity index (χ1v) is 6.55. The van der Waals surface area contributed by atoms with Crippen LogP contribution in [0.2, 0.25) is 0 Å². The maximum absolute atomic E-state index is 12.7. The van der Waals surface area contributed by atoms with Gasteiger partial charge in [-0.3, -0.25) is 4.79 Å². The van der Waals surface area contributed by atoms with Crippen LogP contribution in [0.5, 0.6) is 0 Å². The summed E-state index contributed by atoms with van der Waals surface area (Å²) in [7, 11) is 0. The van der Waals surface area contributed by atoms with E-state index in [1.54, 1.807) is 10.7 Å². The third-order valence-electron chi connectivity index (χ3n) is 3.70. The van der Waals surface area contributed by atoms with Gasteiger partial charge in [-0.2, -0.15) is 5.10 Å². The van der Waals surface area contributed by atoms with Gasteiger partial charge in [0.25, 0.3) is 5.91 Å². The number of piperazine rings is 1. The fourth-order valence-electron chi connectivity index (χ4n) is 2.60. The minimum Gasteiger partial charge on any atom is -0.331 e. The van der Waals surface area contributed by atoms with Crippen molar-refractivity contribution in [2.24, 2.45) is 0 Å². The van der Waals surface area contributed by atoms with Gasteiger partial charge in [0, 0.05) is 25.8 Å². The molecule has 100 valence electrons. The van der Waals surface area contributed by atoms with Crippen molar-refractivity contribution in [3.8, 4) is 0 Å². The van der Waals surface area contributed by atoms with Crippen molar-refractivity contribution in [3.05, 3.63) is 36.2 Å². The van der Waals surface area contributed by atoms with E-state index in [4.69, 9.17) is 0 Å². The van der Waals surface area contributed by atoms with E-state index in [-0.39, 0.29) is 11.4 Å². The van der Waals surface area contributed by atoms with Crippen LogP contribution in [0.3, 0.4) is 0 Å². The average molecular weight is 258 g/mol. The number of carbonyl (C=O) groups excluding carboxylic acids is 1. The lowest BCUT2D eigenvalue weighted by molar-refractivity contribution is 0.0479. The maximum atomic E-state index is 12.7. The van der Waals surface area contributed by atoms with E-state index in [0.717, 1.165) is 25.2 Å². The SMILES string of the molecule is CC1(C)CNCCN1C(=O)c1cnn2ccccc12. The number of pyridine rings is 1. The number of fused-ring (bicyclic) bond motifs is 1. The van der Waals surface area contributed by atoms with E-state index >= 15 is 0 Å². The van der Waals surface area contributed by atoms with Crippen molar-refractivity contribution in [3.63, 3.8) is 0 Å². The van der Waals surface area contributed by atoms with E-state index in [2.05, 4.69) is 24.3 Å². The highest BCUT2D eigenvalue weighted by Gasteiger charge is 2.34. The molecule has 0 spiro atoms. The number of carbonyl (C=O) groups is 1. The maximum Gasteiger partial charge on any atom is 0.258 e. The van der Waals surface area contributed by atoms with Gasteiger partial charge < -0.3 is 10.2 Å². The van der Waals surface area contributed by atoms with E-state index in [1.165, 1.54) is 0 Å². The van der Waals surface area contributed by atoms with E-state index in [0.29, 0.717) is 5.56 Å². The molecule has 5 heteroatoms. The lowest BCUT2D eigenvalue weighted by Crippen LogP contribution is -2.59. The van der Waals surface area contributed by atoms with Crippen LogP contribution in [-0.4, -0.2) is 45.6 Å². The van der Waals surface area contributed by atoms with Gasteiger partial charge in [-0.15, -0.1) is 0 Å². The highest BCUT2D eigenvalue weighted by Crippen LogP contribution is 2.21. The number of hydrogen-bond acceptors (Lipinski definition) is 3. The van der Waals surface area contributed by atoms with Gasteiger partial charge in [-0.25, -0.2) is 4.52 Å². The summed E-state index contributed by atoms with van der Waals surface area (Å²) >= 11 is 0. The highest BCUT2D eigenvalue weighted by molar-refractivity contribution is 6.01. The zero-order chi connectivity index (χ0) is 13.5. The van der Waals surface area contributed by atoms with Gasteiger partial charge in [-0.05, 0) is 26.0 Å². The predicted octanol–water partition coefficient (Wildman–Crippen LogP) is 1.16. The van der Waals surface area contributed by atoms with Gasteiger partial charge in [0.05, 0.1) is 22.8 Å². The Kier molecular flexibility index (Phi) is 2.78. The summed E-state index contributed by atoms with van der Waals surface area (Å²) in [6.45, 7) is 6.56. The van der Waals surface area contributed by atoms with Gasteiger partial charge in [0.2, 0.25) is 0 Å². The summed E-state index contributed by atoms with van der Waals surface area (Å²) in [6.07, 6.45) is 3.52. The van der Waals surface area contributed by atoms with Crippen LogP contribution in [0.4, 0.5) is 0 Å². The van der Waals surface area contributed by atoms with E-state index in [9.17, 15) is 4.79 Å². The second-order valence-corrected chi connectivity index (χ2v) is 5.53. The summed E-state index contributed by atoms with van der Waals surface area (Å²) in [4.78, 5) is 14.7. The van der Waals surface area contributed by atoms with Gasteiger partial charge >= 0.3 is 0 Å². The van der Waals surface area contributed by atoms with Crippen LogP contribution in [0, 0.1) is 0 Å². The number of amides is 1. The third-order valence-corrected chi connectivity index (χ3v) is 3.70. The number of hydrogen-bond donors (Lipinski definition) is 1. The summed E-state index contributed by atoms with van der Waals surface area (Å²) in [5.74, 6) is 0.0627. The summed E-state index contributed by atoms with van der Waals surface area (Å²) < 4.78 is 1.74. The molecule has 0 aliphatic carbocycles. The van der Waals surface area contributed by atoms with Crippen LogP contribution in [0.25, 0.3) is 5.52 Å². The predicted molar refractivity (Wildman–Crippen MR) is 73.2 cm³/mol. The summed E-state index contributed by atoms with van der Waals surface area (Å²) in [5, 5.41) is 7.56. The first kappa shape index (κ1) is 12.2. The Labute approximate surface area is 112 Å². The van der Waals surface area contributed by atoms with Gasteiger partial charge in [0.1, 0.15) is 0 Å². The van der Waals surface area contributed by atoms with E-state index < -0.39 is 0 Å². The minimum absolute atomic E-state index is 0.0627. The highest BCUT2D eigenvalue weighted by atomic mass is 16.2. The van der Waals surface area contributed by atoms with Crippen molar-refractivity contribution in [2.75, 3.05) is 19.6 Å². The third kappa shape index (κ3) is 2.00. The molecule has 1 saturated heterocycles. The molecule has 0 radical (unpaired) electrons. The second-order valence-electron chi connectivity index (χ2n) is 5.53. The van der Waals surface area contributed by atoms with Crippen LogP contribution in [-0.2, 0) is 0 Å². The molecule has 3 heterocycles. The molecular formula is C14H18N4O. The molecular weight excluding hydrogens is 240 g/mol. The Morgan fingerprint density at radius 2 is 2.26 bits per heavy atom. The lowest BCUT2D eigenvalue weighted by atomic mass is 9.99. The molecule has 1 fully saturated rings. The Morgan fingerprint density at radius 3 is 3.05 bits per heavy atom. The second kappa shape index (κ2) is 4.35. The molecule has 19 heavy (non-hydrogen) atoms. The fourth-order valence-corrected chi connectivity index (χ4v) is 2.60. The summed E-state index contributed by atoms with van der Waals surface area (Å²) in [5.41, 5.74) is 1.37. The standard InChI is InChI=1S/C14H18N4O/c1-14(2)10-15-6-8-17(14)13(19)11-9-16-18-7-4-3-5-12(11)18/h3-5,7,9,15H,6,8,10H2,1-2H3. The molecule has 0 unspecified atom stereocenters. The molecule has 0 aromatic carbocycles. The quantitative estimate of drug-likeness (QED) is 0.835. The van der Waals surface area contributed by atoms with Gasteiger partial charge in [-0.1, -0.05) is 6.07 Å². The lowest BCUT2D eigenvalue weighted by Gasteiger charge is -2.42. The number of nitrogens with zero attached hydrogens (tertiary/aromatic N) is 3. The van der Waals surface area contributed by atoms with Crippen molar-refractivity contribution >= 4 is 11.4 Å². The zero-order valence-corrected chi connectivity index (χ0v) is 11.3. The fraction of sp³-hybridized carbons (Fsp3) is 0.429. The molecule has 1 aliphatic rings. The number of rotatable bonds is 1. The van der Waals surface area contributed by atoms with Crippen LogP contribution < -0.4 is 5.32 Å². The Hall–Kier alpha value is -1.88. The van der Waals surface area contributed by atoms with Crippen LogP contribution >= 0.6 is 0 Å². The molecule has 3 rings (SSSR count). The monoisotopic (exact) mass is 258 g/mol. The summed E-state index contributed by atoms with van der Waals surface area (Å²) in [6, 6.07) is 5.76. The molecule has 1 amide bonds. The minimum atomic E-state index is -0.168. The van der Waals surface area contributed by atoms with Crippen LogP contribution in [0.15, 0.2) is 30.6 Å². The first-order chi connectivity index (χ1) is 9.09. The smallest absolute Gasteiger partial charge is 0.258 e. The van der Waals surface area contributed by atoms with Crippen molar-refractivity contribution < 1.29 is 4.79 Å². The van der Waals surface area contributed by atoms with E-state index in [1.807, 2.05) is 29.3 Å². The number of aromatic nitrogens is 2. The molecule has 0 atom stereocenters. The largest absolute Gasteiger partial charge is 0.331 e. The zero-order valence-electron chi connectivity index (χ0n) is 11.3. The van der Waals surface area contributed by atoms with Crippen molar-refractivity contribution in [2.45, 2.75) is 19.4 Å². The number of nitrogens with one attached hydrogen (secondary N) is 1. The molecule has 2 aromatic heterocycles. The molecule has 2 aromatic rings. The average Bonchev–Trinajstić information content (AvgIpc) is 2.81. The normalized spacial score (nSPS) is 18.7. The first-order valence-electron chi connectivity index (χ1n) is 6.55. The molecule has 0 bridgehead atoms. The topological polar surface area (TPSA) is 49.6 Å². The van der Waals surface area contributed by atoms with Crippen LogP contribution in [0.1, 0.15) is 24.2 Å². The Bertz CT molecular complexity index is 617. The van der Waals surface area contributed by atoms with Crippen molar-refractivity contribution in [1.29, 1.82) is 0 Å². The van der Waals surface area contributed by atoms with Gasteiger partial charge in [0.15, 0.2) is 0 Å². The molecule has 5 nitrogen and oxygen atoms in total. The Morgan fingerprint density at radius 1 is 1.42 bits per heavy atom. The Balaban J connectivity index is 1.99.